The topological polar surface area (TPSA) is 52.7 Å². The summed E-state index contributed by atoms with van der Waals surface area (Å²) < 4.78 is 0. The van der Waals surface area contributed by atoms with Gasteiger partial charge in [-0.15, -0.1) is 0 Å². The largest absolute Gasteiger partial charge is 0.347 e. The third kappa shape index (κ3) is 3.23. The molecule has 4 saturated carbocycles. The van der Waals surface area contributed by atoms with Crippen LogP contribution in [0.15, 0.2) is 30.3 Å². The maximum absolute atomic E-state index is 12.8. The van der Waals surface area contributed by atoms with Crippen molar-refractivity contribution in [3.8, 4) is 0 Å². The predicted octanol–water partition coefficient (Wildman–Crippen LogP) is 3.05. The Hall–Kier alpha value is -1.88. The van der Waals surface area contributed by atoms with E-state index in [1.165, 1.54) is 44.1 Å². The fraction of sp³-hybridized carbons (Fsp3) is 0.692. The lowest BCUT2D eigenvalue weighted by atomic mass is 9.45. The third-order valence-electron chi connectivity index (χ3n) is 9.65. The Labute approximate surface area is 185 Å². The lowest BCUT2D eigenvalue weighted by Gasteiger charge is -2.59. The van der Waals surface area contributed by atoms with E-state index in [0.29, 0.717) is 11.8 Å². The van der Waals surface area contributed by atoms with Gasteiger partial charge >= 0.3 is 0 Å². The smallest absolute Gasteiger partial charge is 0.242 e. The number of piperazine rings is 1. The molecule has 1 aliphatic heterocycles. The normalized spacial score (nSPS) is 38.1. The van der Waals surface area contributed by atoms with Crippen LogP contribution >= 0.6 is 0 Å². The third-order valence-corrected chi connectivity index (χ3v) is 9.65. The second kappa shape index (κ2) is 7.33. The molecule has 1 saturated heterocycles. The zero-order valence-corrected chi connectivity index (χ0v) is 18.5. The number of nitrogens with one attached hydrogen (secondary N) is 1. The molecule has 1 spiro atoms. The van der Waals surface area contributed by atoms with Crippen molar-refractivity contribution in [2.75, 3.05) is 32.7 Å². The van der Waals surface area contributed by atoms with Crippen LogP contribution in [0.4, 0.5) is 0 Å². The van der Waals surface area contributed by atoms with Crippen molar-refractivity contribution in [2.24, 2.45) is 28.6 Å². The van der Waals surface area contributed by atoms with Crippen LogP contribution < -0.4 is 5.32 Å². The van der Waals surface area contributed by atoms with Crippen LogP contribution in [0.2, 0.25) is 0 Å². The van der Waals surface area contributed by atoms with Gasteiger partial charge in [0.25, 0.3) is 0 Å². The summed E-state index contributed by atoms with van der Waals surface area (Å²) >= 11 is 0. The van der Waals surface area contributed by atoms with Crippen molar-refractivity contribution in [1.29, 1.82) is 0 Å². The number of benzene rings is 1. The molecule has 5 heteroatoms. The lowest BCUT2D eigenvalue weighted by Crippen LogP contribution is -2.55. The van der Waals surface area contributed by atoms with Gasteiger partial charge in [0, 0.05) is 39.1 Å². The number of hydrogen-bond acceptors (Lipinski definition) is 3. The molecular weight excluding hydrogens is 386 g/mol. The molecule has 3 bridgehead atoms. The molecule has 5 aliphatic rings. The predicted molar refractivity (Wildman–Crippen MR) is 119 cm³/mol. The highest BCUT2D eigenvalue weighted by Crippen LogP contribution is 2.82. The quantitative estimate of drug-likeness (QED) is 0.768. The summed E-state index contributed by atoms with van der Waals surface area (Å²) in [5.41, 5.74) is 2.08. The molecule has 1 aromatic carbocycles. The Bertz CT molecular complexity index is 859. The summed E-state index contributed by atoms with van der Waals surface area (Å²) in [6.07, 6.45) is 8.80. The molecule has 1 N–H and O–H groups in total. The first-order chi connectivity index (χ1) is 15.1. The highest BCUT2D eigenvalue weighted by Gasteiger charge is 2.74. The van der Waals surface area contributed by atoms with E-state index in [4.69, 9.17) is 0 Å². The summed E-state index contributed by atoms with van der Waals surface area (Å²) in [5, 5.41) is 3.00. The summed E-state index contributed by atoms with van der Waals surface area (Å²) in [4.78, 5) is 29.9. The van der Waals surface area contributed by atoms with E-state index in [2.05, 4.69) is 34.5 Å². The lowest BCUT2D eigenvalue weighted by molar-refractivity contribution is -0.143. The molecule has 2 amide bonds. The van der Waals surface area contributed by atoms with E-state index in [0.717, 1.165) is 50.5 Å². The van der Waals surface area contributed by atoms with Crippen LogP contribution in [-0.2, 0) is 16.1 Å². The molecule has 31 heavy (non-hydrogen) atoms. The minimum absolute atomic E-state index is 0.0703. The van der Waals surface area contributed by atoms with E-state index in [-0.39, 0.29) is 23.8 Å². The highest BCUT2D eigenvalue weighted by molar-refractivity contribution is 5.85. The molecule has 5 unspecified atom stereocenters. The van der Waals surface area contributed by atoms with Crippen LogP contribution in [-0.4, -0.2) is 54.3 Å². The van der Waals surface area contributed by atoms with Crippen molar-refractivity contribution >= 4 is 11.8 Å². The minimum atomic E-state index is 0.0703. The average Bonchev–Trinajstić information content (AvgIpc) is 3.08. The van der Waals surface area contributed by atoms with Crippen LogP contribution in [0.1, 0.15) is 50.5 Å². The van der Waals surface area contributed by atoms with Crippen LogP contribution in [0.5, 0.6) is 0 Å². The first kappa shape index (κ1) is 19.8. The van der Waals surface area contributed by atoms with Crippen LogP contribution in [0.3, 0.4) is 0 Å². The van der Waals surface area contributed by atoms with Gasteiger partial charge in [0.1, 0.15) is 0 Å². The van der Waals surface area contributed by atoms with Crippen molar-refractivity contribution in [3.05, 3.63) is 35.9 Å². The van der Waals surface area contributed by atoms with Crippen molar-refractivity contribution in [2.45, 2.75) is 51.5 Å². The van der Waals surface area contributed by atoms with Gasteiger partial charge in [0.05, 0.1) is 6.54 Å². The Morgan fingerprint density at radius 1 is 0.935 bits per heavy atom. The monoisotopic (exact) mass is 421 g/mol. The fourth-order valence-corrected chi connectivity index (χ4v) is 8.55. The standard InChI is InChI=1S/C26H35N3O2/c30-23(16-25-12-21-10-20-11-22(15-25)26(25,13-20)14-21)27-17-24(31)29-8-6-28(7-9-29)18-19-4-2-1-3-5-19/h1-5,20-22H,6-18H2,(H,27,30). The van der Waals surface area contributed by atoms with Gasteiger partial charge < -0.3 is 10.2 Å². The SMILES string of the molecule is O=C(CC12CC3CC4CC(C1)C2(C4)C3)NCC(=O)N1CCN(Cc2ccccc2)CC1. The Balaban J connectivity index is 0.970. The van der Waals surface area contributed by atoms with Gasteiger partial charge in [-0.25, -0.2) is 0 Å². The maximum atomic E-state index is 12.8. The molecule has 6 rings (SSSR count). The molecular formula is C26H35N3O2. The average molecular weight is 422 g/mol. The molecule has 5 atom stereocenters. The summed E-state index contributed by atoms with van der Waals surface area (Å²) in [7, 11) is 0. The number of hydrogen-bond donors (Lipinski definition) is 1. The van der Waals surface area contributed by atoms with Crippen LogP contribution in [0.25, 0.3) is 0 Å². The zero-order chi connectivity index (χ0) is 21.1. The van der Waals surface area contributed by atoms with Gasteiger partial charge in [0.15, 0.2) is 0 Å². The number of rotatable bonds is 6. The molecule has 166 valence electrons. The van der Waals surface area contributed by atoms with Gasteiger partial charge in [-0.1, -0.05) is 30.3 Å². The fourth-order valence-electron chi connectivity index (χ4n) is 8.55. The number of carbonyl (C=O) groups excluding carboxylic acids is 2. The number of fused-ring (bicyclic) bond motifs is 2. The Kier molecular flexibility index (Phi) is 4.68. The van der Waals surface area contributed by atoms with Crippen molar-refractivity contribution in [1.82, 2.24) is 15.1 Å². The Morgan fingerprint density at radius 2 is 1.71 bits per heavy atom. The molecule has 4 aliphatic carbocycles. The van der Waals surface area contributed by atoms with Gasteiger partial charge in [-0.3, -0.25) is 14.5 Å². The summed E-state index contributed by atoms with van der Waals surface area (Å²) in [6, 6.07) is 10.5. The van der Waals surface area contributed by atoms with Crippen molar-refractivity contribution < 1.29 is 9.59 Å². The first-order valence-corrected chi connectivity index (χ1v) is 12.4. The van der Waals surface area contributed by atoms with E-state index in [1.807, 2.05) is 11.0 Å². The first-order valence-electron chi connectivity index (χ1n) is 12.4. The maximum Gasteiger partial charge on any atom is 0.242 e. The molecule has 5 fully saturated rings. The molecule has 1 heterocycles. The number of nitrogens with zero attached hydrogens (tertiary/aromatic N) is 2. The second-order valence-electron chi connectivity index (χ2n) is 11.2. The summed E-state index contributed by atoms with van der Waals surface area (Å²) in [5.74, 6) is 2.89. The van der Waals surface area contributed by atoms with Crippen LogP contribution in [0, 0.1) is 28.6 Å². The van der Waals surface area contributed by atoms with Gasteiger partial charge in [0.2, 0.25) is 11.8 Å². The number of carbonyl (C=O) groups is 2. The van der Waals surface area contributed by atoms with E-state index in [9.17, 15) is 9.59 Å². The van der Waals surface area contributed by atoms with E-state index < -0.39 is 0 Å². The zero-order valence-electron chi connectivity index (χ0n) is 18.5. The van der Waals surface area contributed by atoms with Gasteiger partial charge in [-0.05, 0) is 72.7 Å². The Morgan fingerprint density at radius 3 is 2.52 bits per heavy atom. The van der Waals surface area contributed by atoms with E-state index >= 15 is 0 Å². The minimum Gasteiger partial charge on any atom is -0.347 e. The molecule has 0 aromatic heterocycles. The van der Waals surface area contributed by atoms with Crippen molar-refractivity contribution in [3.63, 3.8) is 0 Å². The van der Waals surface area contributed by atoms with E-state index in [1.54, 1.807) is 0 Å². The molecule has 1 aromatic rings. The summed E-state index contributed by atoms with van der Waals surface area (Å²) in [6.45, 7) is 4.38. The van der Waals surface area contributed by atoms with Gasteiger partial charge in [-0.2, -0.15) is 0 Å². The number of amides is 2. The highest BCUT2D eigenvalue weighted by atomic mass is 16.2. The molecule has 5 nitrogen and oxygen atoms in total. The molecule has 0 radical (unpaired) electrons. The second-order valence-corrected chi connectivity index (χ2v) is 11.2.